The van der Waals surface area contributed by atoms with Crippen LogP contribution >= 0.6 is 0 Å². The van der Waals surface area contributed by atoms with Gasteiger partial charge in [0.05, 0.1) is 6.61 Å². The number of ether oxygens (including phenoxy) is 1. The molecule has 0 aromatic carbocycles. The molecule has 2 aliphatic carbocycles. The van der Waals surface area contributed by atoms with Crippen molar-refractivity contribution in [3.63, 3.8) is 0 Å². The highest BCUT2D eigenvalue weighted by Crippen LogP contribution is 2.52. The average molecular weight is 154 g/mol. The highest BCUT2D eigenvalue weighted by molar-refractivity contribution is 5.85. The topological polar surface area (TPSA) is 26.3 Å². The first kappa shape index (κ1) is 7.29. The smallest absolute Gasteiger partial charge is 0.136 e. The standard InChI is InChI=1S/C9H14O2/c1-11-6-9-3-2-7(4-9)8(10)5-9/h7H,2-6H2,1H3. The van der Waals surface area contributed by atoms with E-state index in [1.54, 1.807) is 7.11 Å². The van der Waals surface area contributed by atoms with Crippen molar-refractivity contribution < 1.29 is 9.53 Å². The molecular weight excluding hydrogens is 140 g/mol. The van der Waals surface area contributed by atoms with Crippen LogP contribution in [0.5, 0.6) is 0 Å². The van der Waals surface area contributed by atoms with Crippen molar-refractivity contribution >= 4 is 5.78 Å². The molecule has 0 amide bonds. The lowest BCUT2D eigenvalue weighted by Gasteiger charge is -2.23. The van der Waals surface area contributed by atoms with Gasteiger partial charge in [-0.05, 0) is 19.3 Å². The van der Waals surface area contributed by atoms with Crippen LogP contribution in [0.1, 0.15) is 25.7 Å². The molecule has 0 aromatic heterocycles. The maximum absolute atomic E-state index is 11.3. The number of rotatable bonds is 2. The van der Waals surface area contributed by atoms with Crippen molar-refractivity contribution in [1.82, 2.24) is 0 Å². The third-order valence-electron chi connectivity index (χ3n) is 3.16. The maximum atomic E-state index is 11.3. The summed E-state index contributed by atoms with van der Waals surface area (Å²) in [6, 6.07) is 0. The van der Waals surface area contributed by atoms with E-state index in [0.717, 1.165) is 25.9 Å². The van der Waals surface area contributed by atoms with Crippen LogP contribution in [-0.2, 0) is 9.53 Å². The second-order valence-electron chi connectivity index (χ2n) is 4.02. The maximum Gasteiger partial charge on any atom is 0.136 e. The fourth-order valence-corrected chi connectivity index (χ4v) is 2.64. The van der Waals surface area contributed by atoms with Gasteiger partial charge in [0.1, 0.15) is 5.78 Å². The second kappa shape index (κ2) is 2.31. The number of methoxy groups -OCH3 is 1. The van der Waals surface area contributed by atoms with Crippen LogP contribution in [0.4, 0.5) is 0 Å². The number of Topliss-reactive ketones (excluding diaryl/α,β-unsaturated/α-hetero) is 1. The van der Waals surface area contributed by atoms with Crippen molar-refractivity contribution in [2.45, 2.75) is 25.7 Å². The zero-order valence-corrected chi connectivity index (χ0v) is 6.93. The molecule has 2 aliphatic rings. The van der Waals surface area contributed by atoms with E-state index in [9.17, 15) is 4.79 Å². The van der Waals surface area contributed by atoms with Gasteiger partial charge in [-0.25, -0.2) is 0 Å². The van der Waals surface area contributed by atoms with Crippen LogP contribution in [-0.4, -0.2) is 19.5 Å². The van der Waals surface area contributed by atoms with Crippen LogP contribution in [0.25, 0.3) is 0 Å². The summed E-state index contributed by atoms with van der Waals surface area (Å²) in [5, 5.41) is 0. The third-order valence-corrected chi connectivity index (χ3v) is 3.16. The van der Waals surface area contributed by atoms with Crippen LogP contribution in [0.2, 0.25) is 0 Å². The van der Waals surface area contributed by atoms with Crippen molar-refractivity contribution in [2.24, 2.45) is 11.3 Å². The minimum Gasteiger partial charge on any atom is -0.384 e. The molecule has 2 nitrogen and oxygen atoms in total. The van der Waals surface area contributed by atoms with E-state index in [1.165, 1.54) is 6.42 Å². The molecule has 11 heavy (non-hydrogen) atoms. The quantitative estimate of drug-likeness (QED) is 0.600. The van der Waals surface area contributed by atoms with Gasteiger partial charge in [0.2, 0.25) is 0 Å². The molecule has 2 saturated carbocycles. The van der Waals surface area contributed by atoms with Crippen LogP contribution in [0.15, 0.2) is 0 Å². The summed E-state index contributed by atoms with van der Waals surface area (Å²) in [6.07, 6.45) is 4.20. The average Bonchev–Trinajstić information content (AvgIpc) is 2.44. The normalized spacial score (nSPS) is 41.9. The lowest BCUT2D eigenvalue weighted by Crippen LogP contribution is -2.23. The van der Waals surface area contributed by atoms with E-state index >= 15 is 0 Å². The molecule has 0 aliphatic heterocycles. The van der Waals surface area contributed by atoms with E-state index in [0.29, 0.717) is 11.7 Å². The van der Waals surface area contributed by atoms with Gasteiger partial charge in [-0.15, -0.1) is 0 Å². The Labute approximate surface area is 66.9 Å². The van der Waals surface area contributed by atoms with Gasteiger partial charge in [-0.3, -0.25) is 4.79 Å². The first-order valence-electron chi connectivity index (χ1n) is 4.27. The Morgan fingerprint density at radius 1 is 1.73 bits per heavy atom. The lowest BCUT2D eigenvalue weighted by molar-refractivity contribution is -0.122. The van der Waals surface area contributed by atoms with Crippen LogP contribution in [0.3, 0.4) is 0 Å². The molecule has 0 spiro atoms. The van der Waals surface area contributed by atoms with Crippen molar-refractivity contribution in [2.75, 3.05) is 13.7 Å². The fraction of sp³-hybridized carbons (Fsp3) is 0.889. The van der Waals surface area contributed by atoms with Gasteiger partial charge in [0.25, 0.3) is 0 Å². The van der Waals surface area contributed by atoms with E-state index in [-0.39, 0.29) is 5.41 Å². The molecule has 0 aromatic rings. The predicted octanol–water partition coefficient (Wildman–Crippen LogP) is 1.39. The SMILES string of the molecule is COCC12CCC(C1)C(=O)C2. The Morgan fingerprint density at radius 2 is 2.55 bits per heavy atom. The van der Waals surface area contributed by atoms with E-state index < -0.39 is 0 Å². The predicted molar refractivity (Wildman–Crippen MR) is 41.3 cm³/mol. The monoisotopic (exact) mass is 154 g/mol. The molecule has 2 rings (SSSR count). The van der Waals surface area contributed by atoms with Crippen LogP contribution < -0.4 is 0 Å². The highest BCUT2D eigenvalue weighted by Gasteiger charge is 2.49. The number of fused-ring (bicyclic) bond motifs is 2. The number of carbonyl (C=O) groups is 1. The second-order valence-corrected chi connectivity index (χ2v) is 4.02. The van der Waals surface area contributed by atoms with Crippen molar-refractivity contribution in [3.05, 3.63) is 0 Å². The molecule has 2 atom stereocenters. The molecule has 0 heterocycles. The van der Waals surface area contributed by atoms with Gasteiger partial charge >= 0.3 is 0 Å². The number of carbonyl (C=O) groups excluding carboxylic acids is 1. The van der Waals surface area contributed by atoms with Gasteiger partial charge in [-0.2, -0.15) is 0 Å². The summed E-state index contributed by atoms with van der Waals surface area (Å²) in [6.45, 7) is 0.787. The Bertz CT molecular complexity index is 188. The zero-order chi connectivity index (χ0) is 7.90. The summed E-state index contributed by atoms with van der Waals surface area (Å²) in [4.78, 5) is 11.3. The molecule has 0 saturated heterocycles. The molecule has 2 bridgehead atoms. The molecule has 0 radical (unpaired) electrons. The zero-order valence-electron chi connectivity index (χ0n) is 6.93. The van der Waals surface area contributed by atoms with Crippen molar-refractivity contribution in [3.8, 4) is 0 Å². The Hall–Kier alpha value is -0.370. The first-order valence-corrected chi connectivity index (χ1v) is 4.27. The van der Waals surface area contributed by atoms with Crippen LogP contribution in [0, 0.1) is 11.3 Å². The fourth-order valence-electron chi connectivity index (χ4n) is 2.64. The van der Waals surface area contributed by atoms with Gasteiger partial charge in [-0.1, -0.05) is 0 Å². The summed E-state index contributed by atoms with van der Waals surface area (Å²) >= 11 is 0. The number of hydrogen-bond acceptors (Lipinski definition) is 2. The Morgan fingerprint density at radius 3 is 3.00 bits per heavy atom. The number of hydrogen-bond donors (Lipinski definition) is 0. The molecule has 62 valence electrons. The highest BCUT2D eigenvalue weighted by atomic mass is 16.5. The van der Waals surface area contributed by atoms with Crippen molar-refractivity contribution in [1.29, 1.82) is 0 Å². The Kier molecular flexibility index (Phi) is 1.53. The number of ketones is 1. The summed E-state index contributed by atoms with van der Waals surface area (Å²) in [7, 11) is 1.73. The minimum atomic E-state index is 0.260. The van der Waals surface area contributed by atoms with Gasteiger partial charge in [0.15, 0.2) is 0 Å². The minimum absolute atomic E-state index is 0.260. The summed E-state index contributed by atoms with van der Waals surface area (Å²) < 4.78 is 5.14. The largest absolute Gasteiger partial charge is 0.384 e. The molecular formula is C9H14O2. The van der Waals surface area contributed by atoms with Gasteiger partial charge in [0, 0.05) is 24.9 Å². The summed E-state index contributed by atoms with van der Waals surface area (Å²) in [5.74, 6) is 0.874. The first-order chi connectivity index (χ1) is 5.26. The Balaban J connectivity index is 2.11. The van der Waals surface area contributed by atoms with Gasteiger partial charge < -0.3 is 4.74 Å². The van der Waals surface area contributed by atoms with E-state index in [4.69, 9.17) is 4.74 Å². The molecule has 2 heteroatoms. The third kappa shape index (κ3) is 1.00. The lowest BCUT2D eigenvalue weighted by atomic mass is 9.85. The molecule has 2 unspecified atom stereocenters. The van der Waals surface area contributed by atoms with E-state index in [2.05, 4.69) is 0 Å². The molecule has 0 N–H and O–H groups in total. The molecule has 2 fully saturated rings. The summed E-state index contributed by atoms with van der Waals surface area (Å²) in [5.41, 5.74) is 0.260. The van der Waals surface area contributed by atoms with E-state index in [1.807, 2.05) is 0 Å².